The minimum Gasteiger partial charge on any atom is -0.478 e. The number of benzene rings is 1. The summed E-state index contributed by atoms with van der Waals surface area (Å²) in [5, 5.41) is 17.3. The number of aromatic carboxylic acids is 1. The molecule has 0 aliphatic carbocycles. The Labute approximate surface area is 89.8 Å². The first-order chi connectivity index (χ1) is 6.65. The second kappa shape index (κ2) is 4.93. The second-order valence-corrected chi connectivity index (χ2v) is 3.48. The third-order valence-corrected chi connectivity index (χ3v) is 2.34. The van der Waals surface area contributed by atoms with E-state index in [0.29, 0.717) is 4.47 Å². The predicted molar refractivity (Wildman–Crippen MR) is 57.2 cm³/mol. The summed E-state index contributed by atoms with van der Waals surface area (Å²) in [6.45, 7) is -0.0346. The summed E-state index contributed by atoms with van der Waals surface area (Å²) < 4.78 is 0.696. The molecule has 0 bridgehead atoms. The van der Waals surface area contributed by atoms with Crippen molar-refractivity contribution in [2.45, 2.75) is 0 Å². The molecule has 74 valence electrons. The Bertz CT molecular complexity index is 372. The third kappa shape index (κ3) is 2.68. The van der Waals surface area contributed by atoms with Crippen LogP contribution in [0.1, 0.15) is 15.9 Å². The van der Waals surface area contributed by atoms with E-state index in [0.717, 1.165) is 5.56 Å². The minimum absolute atomic E-state index is 0.0346. The molecule has 1 aromatic rings. The van der Waals surface area contributed by atoms with Crippen molar-refractivity contribution in [1.82, 2.24) is 0 Å². The largest absolute Gasteiger partial charge is 0.478 e. The molecule has 0 aliphatic rings. The van der Waals surface area contributed by atoms with E-state index in [1.165, 1.54) is 12.1 Å². The highest BCUT2D eigenvalue weighted by molar-refractivity contribution is 9.10. The Balaban J connectivity index is 3.01. The number of carbonyl (C=O) groups is 1. The van der Waals surface area contributed by atoms with Gasteiger partial charge in [0, 0.05) is 4.47 Å². The van der Waals surface area contributed by atoms with Crippen LogP contribution >= 0.6 is 15.9 Å². The van der Waals surface area contributed by atoms with Crippen molar-refractivity contribution < 1.29 is 15.0 Å². The SMILES string of the molecule is O=C(O)c1ccc(C=CCO)c(Br)c1. The molecular weight excluding hydrogens is 248 g/mol. The number of hydrogen-bond donors (Lipinski definition) is 2. The van der Waals surface area contributed by atoms with Gasteiger partial charge in [-0.25, -0.2) is 4.79 Å². The second-order valence-electron chi connectivity index (χ2n) is 2.63. The molecule has 0 saturated heterocycles. The molecule has 0 unspecified atom stereocenters. The van der Waals surface area contributed by atoms with Gasteiger partial charge in [-0.2, -0.15) is 0 Å². The molecule has 0 fully saturated rings. The number of aliphatic hydroxyl groups is 1. The average molecular weight is 257 g/mol. The lowest BCUT2D eigenvalue weighted by molar-refractivity contribution is 0.0697. The average Bonchev–Trinajstić information content (AvgIpc) is 2.15. The number of halogens is 1. The molecule has 0 heterocycles. The van der Waals surface area contributed by atoms with Crippen molar-refractivity contribution in [3.63, 3.8) is 0 Å². The van der Waals surface area contributed by atoms with Gasteiger partial charge >= 0.3 is 5.97 Å². The van der Waals surface area contributed by atoms with E-state index in [4.69, 9.17) is 10.2 Å². The van der Waals surface area contributed by atoms with Crippen LogP contribution in [0.5, 0.6) is 0 Å². The van der Waals surface area contributed by atoms with E-state index in [2.05, 4.69) is 15.9 Å². The molecule has 0 aliphatic heterocycles. The van der Waals surface area contributed by atoms with Crippen LogP contribution in [0, 0.1) is 0 Å². The Morgan fingerprint density at radius 2 is 2.21 bits per heavy atom. The third-order valence-electron chi connectivity index (χ3n) is 1.65. The van der Waals surface area contributed by atoms with E-state index in [-0.39, 0.29) is 12.2 Å². The molecule has 0 spiro atoms. The quantitative estimate of drug-likeness (QED) is 0.872. The van der Waals surface area contributed by atoms with Crippen LogP contribution < -0.4 is 0 Å². The zero-order valence-corrected chi connectivity index (χ0v) is 8.86. The van der Waals surface area contributed by atoms with Crippen LogP contribution in [-0.4, -0.2) is 22.8 Å². The summed E-state index contributed by atoms with van der Waals surface area (Å²) in [5.41, 5.74) is 1.07. The van der Waals surface area contributed by atoms with E-state index >= 15 is 0 Å². The Morgan fingerprint density at radius 3 is 2.71 bits per heavy atom. The summed E-state index contributed by atoms with van der Waals surface area (Å²) in [6, 6.07) is 4.73. The topological polar surface area (TPSA) is 57.5 Å². The number of aliphatic hydroxyl groups excluding tert-OH is 1. The molecule has 1 rings (SSSR count). The molecule has 1 aromatic carbocycles. The molecular formula is C10H9BrO3. The highest BCUT2D eigenvalue weighted by atomic mass is 79.9. The number of carboxylic acid groups (broad SMARTS) is 1. The van der Waals surface area contributed by atoms with Crippen LogP contribution in [0.2, 0.25) is 0 Å². The van der Waals surface area contributed by atoms with Gasteiger partial charge in [0.25, 0.3) is 0 Å². The first kappa shape index (κ1) is 10.9. The monoisotopic (exact) mass is 256 g/mol. The van der Waals surface area contributed by atoms with Crippen molar-refractivity contribution in [2.24, 2.45) is 0 Å². The molecule has 4 heteroatoms. The van der Waals surface area contributed by atoms with Crippen molar-refractivity contribution in [2.75, 3.05) is 6.61 Å². The molecule has 0 amide bonds. The van der Waals surface area contributed by atoms with Gasteiger partial charge in [0.1, 0.15) is 0 Å². The zero-order chi connectivity index (χ0) is 10.6. The minimum atomic E-state index is -0.955. The lowest BCUT2D eigenvalue weighted by atomic mass is 10.1. The van der Waals surface area contributed by atoms with Crippen molar-refractivity contribution in [3.8, 4) is 0 Å². The standard InChI is InChI=1S/C10H9BrO3/c11-9-6-8(10(13)14)4-3-7(9)2-1-5-12/h1-4,6,12H,5H2,(H,13,14). The van der Waals surface area contributed by atoms with E-state index in [9.17, 15) is 4.79 Å². The summed E-state index contributed by atoms with van der Waals surface area (Å²) in [4.78, 5) is 10.6. The Hall–Kier alpha value is -1.13. The predicted octanol–water partition coefficient (Wildman–Crippen LogP) is 2.15. The molecule has 3 nitrogen and oxygen atoms in total. The van der Waals surface area contributed by atoms with Crippen LogP contribution in [-0.2, 0) is 0 Å². The first-order valence-corrected chi connectivity index (χ1v) is 4.74. The van der Waals surface area contributed by atoms with Crippen molar-refractivity contribution in [3.05, 3.63) is 39.9 Å². The Morgan fingerprint density at radius 1 is 1.50 bits per heavy atom. The van der Waals surface area contributed by atoms with Gasteiger partial charge in [0.2, 0.25) is 0 Å². The number of rotatable bonds is 3. The van der Waals surface area contributed by atoms with Crippen LogP contribution in [0.25, 0.3) is 6.08 Å². The maximum Gasteiger partial charge on any atom is 0.335 e. The van der Waals surface area contributed by atoms with E-state index in [1.807, 2.05) is 0 Å². The van der Waals surface area contributed by atoms with Gasteiger partial charge in [0.05, 0.1) is 12.2 Å². The molecule has 0 aromatic heterocycles. The highest BCUT2D eigenvalue weighted by Crippen LogP contribution is 2.19. The molecule has 0 saturated carbocycles. The molecule has 14 heavy (non-hydrogen) atoms. The van der Waals surface area contributed by atoms with E-state index < -0.39 is 5.97 Å². The highest BCUT2D eigenvalue weighted by Gasteiger charge is 2.04. The summed E-state index contributed by atoms with van der Waals surface area (Å²) in [6.07, 6.45) is 3.30. The fourth-order valence-corrected chi connectivity index (χ4v) is 1.49. The maximum absolute atomic E-state index is 10.6. The van der Waals surface area contributed by atoms with Gasteiger partial charge in [-0.15, -0.1) is 0 Å². The van der Waals surface area contributed by atoms with Gasteiger partial charge in [-0.1, -0.05) is 34.1 Å². The van der Waals surface area contributed by atoms with Gasteiger partial charge in [0.15, 0.2) is 0 Å². The van der Waals surface area contributed by atoms with Crippen molar-refractivity contribution in [1.29, 1.82) is 0 Å². The number of hydrogen-bond acceptors (Lipinski definition) is 2. The summed E-state index contributed by atoms with van der Waals surface area (Å²) in [7, 11) is 0. The molecule has 0 radical (unpaired) electrons. The fraction of sp³-hybridized carbons (Fsp3) is 0.100. The molecule has 2 N–H and O–H groups in total. The van der Waals surface area contributed by atoms with Gasteiger partial charge in [-0.3, -0.25) is 0 Å². The van der Waals surface area contributed by atoms with E-state index in [1.54, 1.807) is 18.2 Å². The maximum atomic E-state index is 10.6. The van der Waals surface area contributed by atoms with Crippen LogP contribution in [0.15, 0.2) is 28.7 Å². The smallest absolute Gasteiger partial charge is 0.335 e. The first-order valence-electron chi connectivity index (χ1n) is 3.95. The summed E-state index contributed by atoms with van der Waals surface area (Å²) >= 11 is 3.25. The Kier molecular flexibility index (Phi) is 3.85. The van der Waals surface area contributed by atoms with Crippen molar-refractivity contribution >= 4 is 28.0 Å². The van der Waals surface area contributed by atoms with Gasteiger partial charge < -0.3 is 10.2 Å². The lowest BCUT2D eigenvalue weighted by Crippen LogP contribution is -1.95. The summed E-state index contributed by atoms with van der Waals surface area (Å²) in [5.74, 6) is -0.955. The van der Waals surface area contributed by atoms with Crippen LogP contribution in [0.3, 0.4) is 0 Å². The lowest BCUT2D eigenvalue weighted by Gasteiger charge is -2.00. The molecule has 0 atom stereocenters. The number of carboxylic acids is 1. The van der Waals surface area contributed by atoms with Gasteiger partial charge in [-0.05, 0) is 17.7 Å². The van der Waals surface area contributed by atoms with Crippen LogP contribution in [0.4, 0.5) is 0 Å². The zero-order valence-electron chi connectivity index (χ0n) is 7.27. The fourth-order valence-electron chi connectivity index (χ4n) is 0.975. The normalized spacial score (nSPS) is 10.7.